The smallest absolute Gasteiger partial charge is 0.296 e. The molecule has 10 nitrogen and oxygen atoms in total. The summed E-state index contributed by atoms with van der Waals surface area (Å²) in [6, 6.07) is 8.91. The molecule has 1 amide bonds. The van der Waals surface area contributed by atoms with Crippen LogP contribution < -0.4 is 15.5 Å². The normalized spacial score (nSPS) is 23.9. The van der Waals surface area contributed by atoms with E-state index in [1.165, 1.54) is 4.57 Å². The number of hydrogen-bond acceptors (Lipinski definition) is 8. The molecular formula is C26H31F2N7O3. The van der Waals surface area contributed by atoms with Gasteiger partial charge in [0.05, 0.1) is 36.8 Å². The minimum absolute atomic E-state index is 0.0543. The Morgan fingerprint density at radius 1 is 1.03 bits per heavy atom. The standard InChI is InChI=1S/C26H31F2N7O3/c27-23(28)24-31-19-5-1-2-6-20(19)35(24)22-14-21(32-26(33-22)34-7-10-37-11-8-34)29-17-12-18(13-17)30-25(36)16-4-3-9-38-15-16/h1-2,5-6,14,16-18,23H,3-4,7-13,15H2,(H,30,36)(H,29,32,33)/t16?,17-,18-. The highest BCUT2D eigenvalue weighted by molar-refractivity contribution is 5.79. The molecule has 38 heavy (non-hydrogen) atoms. The highest BCUT2D eigenvalue weighted by Crippen LogP contribution is 2.31. The third-order valence-corrected chi connectivity index (χ3v) is 7.37. The zero-order valence-corrected chi connectivity index (χ0v) is 21.0. The molecule has 0 spiro atoms. The molecule has 202 valence electrons. The number of hydrogen-bond donors (Lipinski definition) is 2. The number of alkyl halides is 2. The number of nitrogens with zero attached hydrogens (tertiary/aromatic N) is 5. The van der Waals surface area contributed by atoms with Gasteiger partial charge >= 0.3 is 0 Å². The highest BCUT2D eigenvalue weighted by atomic mass is 19.3. The zero-order chi connectivity index (χ0) is 26.1. The van der Waals surface area contributed by atoms with Gasteiger partial charge in [-0.15, -0.1) is 0 Å². The van der Waals surface area contributed by atoms with Crippen LogP contribution >= 0.6 is 0 Å². The van der Waals surface area contributed by atoms with E-state index in [0.717, 1.165) is 32.3 Å². The number of ether oxygens (including phenoxy) is 2. The summed E-state index contributed by atoms with van der Waals surface area (Å²) in [5.41, 5.74) is 1.03. The molecule has 1 aliphatic carbocycles. The molecule has 2 aromatic heterocycles. The van der Waals surface area contributed by atoms with Crippen LogP contribution in [0.1, 0.15) is 37.9 Å². The van der Waals surface area contributed by atoms with Crippen molar-refractivity contribution >= 4 is 28.7 Å². The van der Waals surface area contributed by atoms with Crippen LogP contribution in [0.3, 0.4) is 0 Å². The summed E-state index contributed by atoms with van der Waals surface area (Å²) < 4.78 is 40.4. The van der Waals surface area contributed by atoms with E-state index >= 15 is 0 Å². The third-order valence-electron chi connectivity index (χ3n) is 7.37. The van der Waals surface area contributed by atoms with Gasteiger partial charge in [-0.05, 0) is 37.8 Å². The SMILES string of the molecule is O=C(N[C@H]1C[C@H](Nc2cc(-n3c(C(F)F)nc4ccccc43)nc(N3CCOCC3)n2)C1)C1CCCOC1. The monoisotopic (exact) mass is 527 g/mol. The number of morpholine rings is 1. The summed E-state index contributed by atoms with van der Waals surface area (Å²) in [5.74, 6) is 0.943. The van der Waals surface area contributed by atoms with Crippen LogP contribution in [0.15, 0.2) is 30.3 Å². The second-order valence-electron chi connectivity index (χ2n) is 10.0. The molecule has 1 atom stereocenters. The maximum Gasteiger partial charge on any atom is 0.296 e. The first kappa shape index (κ1) is 24.9. The lowest BCUT2D eigenvalue weighted by molar-refractivity contribution is -0.130. The number of amides is 1. The van der Waals surface area contributed by atoms with Gasteiger partial charge in [-0.3, -0.25) is 9.36 Å². The number of benzene rings is 1. The fourth-order valence-corrected chi connectivity index (χ4v) is 5.28. The number of fused-ring (bicyclic) bond motifs is 1. The summed E-state index contributed by atoms with van der Waals surface area (Å²) in [5, 5.41) is 6.56. The molecule has 1 saturated carbocycles. The number of nitrogens with one attached hydrogen (secondary N) is 2. The predicted molar refractivity (Wildman–Crippen MR) is 137 cm³/mol. The molecule has 2 saturated heterocycles. The van der Waals surface area contributed by atoms with Crippen LogP contribution in [0.2, 0.25) is 0 Å². The van der Waals surface area contributed by atoms with Crippen molar-refractivity contribution < 1.29 is 23.0 Å². The lowest BCUT2D eigenvalue weighted by Crippen LogP contribution is -2.52. The molecule has 3 fully saturated rings. The van der Waals surface area contributed by atoms with Crippen LogP contribution in [0.25, 0.3) is 16.9 Å². The van der Waals surface area contributed by atoms with Crippen molar-refractivity contribution in [3.63, 3.8) is 0 Å². The summed E-state index contributed by atoms with van der Waals surface area (Å²) in [4.78, 5) is 28.1. The Bertz CT molecular complexity index is 1290. The number of para-hydroxylation sites is 2. The fourth-order valence-electron chi connectivity index (χ4n) is 5.28. The van der Waals surface area contributed by atoms with E-state index in [1.54, 1.807) is 30.3 Å². The number of carbonyl (C=O) groups is 1. The van der Waals surface area contributed by atoms with Crippen molar-refractivity contribution in [2.24, 2.45) is 5.92 Å². The molecule has 0 radical (unpaired) electrons. The molecule has 3 aliphatic rings. The predicted octanol–water partition coefficient (Wildman–Crippen LogP) is 3.08. The van der Waals surface area contributed by atoms with Gasteiger partial charge in [0.1, 0.15) is 11.6 Å². The quantitative estimate of drug-likeness (QED) is 0.483. The third kappa shape index (κ3) is 5.14. The maximum absolute atomic E-state index is 14.1. The van der Waals surface area contributed by atoms with Crippen molar-refractivity contribution in [3.05, 3.63) is 36.2 Å². The average molecular weight is 528 g/mol. The molecule has 1 unspecified atom stereocenters. The molecule has 2 N–H and O–H groups in total. The number of carbonyl (C=O) groups excluding carboxylic acids is 1. The Kier molecular flexibility index (Phi) is 7.07. The topological polar surface area (TPSA) is 106 Å². The zero-order valence-electron chi connectivity index (χ0n) is 21.0. The summed E-state index contributed by atoms with van der Waals surface area (Å²) >= 11 is 0. The van der Waals surface area contributed by atoms with Gasteiger partial charge in [-0.25, -0.2) is 13.8 Å². The van der Waals surface area contributed by atoms with E-state index < -0.39 is 6.43 Å². The summed E-state index contributed by atoms with van der Waals surface area (Å²) in [6.45, 7) is 3.51. The second-order valence-corrected chi connectivity index (χ2v) is 10.0. The van der Waals surface area contributed by atoms with Crippen molar-refractivity contribution in [1.29, 1.82) is 0 Å². The number of imidazole rings is 1. The van der Waals surface area contributed by atoms with Crippen molar-refractivity contribution in [2.75, 3.05) is 49.7 Å². The Balaban J connectivity index is 1.24. The van der Waals surface area contributed by atoms with Crippen LogP contribution in [0, 0.1) is 5.92 Å². The Hall–Kier alpha value is -3.38. The first-order chi connectivity index (χ1) is 18.5. The van der Waals surface area contributed by atoms with Crippen LogP contribution in [0.4, 0.5) is 20.5 Å². The molecule has 0 bridgehead atoms. The van der Waals surface area contributed by atoms with E-state index in [1.807, 2.05) is 4.90 Å². The van der Waals surface area contributed by atoms with Crippen LogP contribution in [0.5, 0.6) is 0 Å². The molecule has 12 heteroatoms. The van der Waals surface area contributed by atoms with E-state index in [4.69, 9.17) is 14.5 Å². The molecular weight excluding hydrogens is 496 g/mol. The molecule has 2 aliphatic heterocycles. The average Bonchev–Trinajstić information content (AvgIpc) is 3.33. The van der Waals surface area contributed by atoms with Gasteiger partial charge in [0.2, 0.25) is 11.9 Å². The number of aromatic nitrogens is 4. The first-order valence-corrected chi connectivity index (χ1v) is 13.2. The number of halogens is 2. The molecule has 3 aromatic rings. The molecule has 4 heterocycles. The van der Waals surface area contributed by atoms with Gasteiger partial charge in [0, 0.05) is 37.8 Å². The van der Waals surface area contributed by atoms with E-state index in [2.05, 4.69) is 20.6 Å². The maximum atomic E-state index is 14.1. The van der Waals surface area contributed by atoms with E-state index in [9.17, 15) is 13.6 Å². The minimum Gasteiger partial charge on any atom is -0.381 e. The van der Waals surface area contributed by atoms with Crippen molar-refractivity contribution in [1.82, 2.24) is 24.8 Å². The Labute approximate surface area is 218 Å². The van der Waals surface area contributed by atoms with Gasteiger partial charge in [0.25, 0.3) is 6.43 Å². The number of rotatable bonds is 7. The fraction of sp³-hybridized carbons (Fsp3) is 0.538. The summed E-state index contributed by atoms with van der Waals surface area (Å²) in [6.07, 6.45) is 0.501. The van der Waals surface area contributed by atoms with E-state index in [0.29, 0.717) is 61.5 Å². The highest BCUT2D eigenvalue weighted by Gasteiger charge is 2.33. The van der Waals surface area contributed by atoms with Crippen LogP contribution in [-0.4, -0.2) is 77.0 Å². The Morgan fingerprint density at radius 3 is 2.61 bits per heavy atom. The molecule has 6 rings (SSSR count). The minimum atomic E-state index is -2.77. The lowest BCUT2D eigenvalue weighted by atomic mass is 9.86. The lowest BCUT2D eigenvalue weighted by Gasteiger charge is -2.38. The van der Waals surface area contributed by atoms with Gasteiger partial charge in [-0.2, -0.15) is 9.97 Å². The van der Waals surface area contributed by atoms with Crippen molar-refractivity contribution in [2.45, 2.75) is 44.2 Å². The Morgan fingerprint density at radius 2 is 1.84 bits per heavy atom. The summed E-state index contributed by atoms with van der Waals surface area (Å²) in [7, 11) is 0. The number of anilines is 2. The largest absolute Gasteiger partial charge is 0.381 e. The van der Waals surface area contributed by atoms with Crippen LogP contribution in [-0.2, 0) is 14.3 Å². The van der Waals surface area contributed by atoms with E-state index in [-0.39, 0.29) is 29.7 Å². The van der Waals surface area contributed by atoms with Crippen molar-refractivity contribution in [3.8, 4) is 5.82 Å². The second kappa shape index (κ2) is 10.8. The van der Waals surface area contributed by atoms with Gasteiger partial charge in [-0.1, -0.05) is 12.1 Å². The van der Waals surface area contributed by atoms with Gasteiger partial charge in [0.15, 0.2) is 5.82 Å². The first-order valence-electron chi connectivity index (χ1n) is 13.2. The van der Waals surface area contributed by atoms with Gasteiger partial charge < -0.3 is 25.0 Å². The molecule has 1 aromatic carbocycles.